The van der Waals surface area contributed by atoms with E-state index in [1.54, 1.807) is 6.08 Å². The van der Waals surface area contributed by atoms with Gasteiger partial charge in [-0.25, -0.2) is 0 Å². The van der Waals surface area contributed by atoms with Crippen LogP contribution < -0.4 is 5.73 Å². The van der Waals surface area contributed by atoms with Crippen molar-refractivity contribution in [1.29, 1.82) is 0 Å². The number of rotatable bonds is 4. The lowest BCUT2D eigenvalue weighted by molar-refractivity contribution is -0.120. The number of aryl methyl sites for hydroxylation is 1. The lowest BCUT2D eigenvalue weighted by Crippen LogP contribution is -2.24. The molecule has 0 bridgehead atoms. The van der Waals surface area contributed by atoms with Crippen LogP contribution in [-0.4, -0.2) is 25.8 Å². The first kappa shape index (κ1) is 17.7. The first-order valence-corrected chi connectivity index (χ1v) is 9.48. The number of carbonyl (C=O) groups excluding carboxylic acids is 1. The molecule has 2 N–H and O–H groups in total. The zero-order valence-electron chi connectivity index (χ0n) is 16.0. The molecular weight excluding hydrogens is 342 g/mol. The van der Waals surface area contributed by atoms with Crippen molar-refractivity contribution >= 4 is 11.5 Å². The Balaban J connectivity index is 1.64. The Labute approximate surface area is 158 Å². The predicted molar refractivity (Wildman–Crippen MR) is 101 cm³/mol. The van der Waals surface area contributed by atoms with Crippen LogP contribution in [0.3, 0.4) is 0 Å². The Kier molecular flexibility index (Phi) is 4.25. The Morgan fingerprint density at radius 2 is 2.26 bits per heavy atom. The topological polar surface area (TPSA) is 99.8 Å². The molecule has 1 atom stereocenters. The molecule has 2 aliphatic rings. The SMILES string of the molecule is CCn1nc(-c2nc(C3=CCC(C(N)=O)C=C3)no2)c2c1CC(C)(C)CC2. The highest BCUT2D eigenvalue weighted by atomic mass is 16.5. The molecule has 0 spiro atoms. The third-order valence-corrected chi connectivity index (χ3v) is 5.52. The van der Waals surface area contributed by atoms with Gasteiger partial charge in [0.2, 0.25) is 11.7 Å². The average Bonchev–Trinajstić information content (AvgIpc) is 3.25. The van der Waals surface area contributed by atoms with Crippen molar-refractivity contribution in [3.8, 4) is 11.6 Å². The summed E-state index contributed by atoms with van der Waals surface area (Å²) < 4.78 is 7.61. The second kappa shape index (κ2) is 6.48. The molecule has 1 amide bonds. The smallest absolute Gasteiger partial charge is 0.279 e. The minimum atomic E-state index is -0.324. The third-order valence-electron chi connectivity index (χ3n) is 5.52. The summed E-state index contributed by atoms with van der Waals surface area (Å²) in [7, 11) is 0. The molecule has 2 heterocycles. The van der Waals surface area contributed by atoms with E-state index < -0.39 is 0 Å². The van der Waals surface area contributed by atoms with Crippen LogP contribution in [0.25, 0.3) is 17.2 Å². The van der Waals surface area contributed by atoms with Gasteiger partial charge in [-0.1, -0.05) is 37.2 Å². The van der Waals surface area contributed by atoms with E-state index in [9.17, 15) is 4.79 Å². The molecule has 2 aromatic rings. The van der Waals surface area contributed by atoms with Crippen molar-refractivity contribution in [3.63, 3.8) is 0 Å². The van der Waals surface area contributed by atoms with E-state index in [2.05, 4.69) is 35.6 Å². The van der Waals surface area contributed by atoms with Gasteiger partial charge in [-0.05, 0) is 38.0 Å². The molecule has 0 fully saturated rings. The van der Waals surface area contributed by atoms with Gasteiger partial charge in [0, 0.05) is 23.4 Å². The first-order chi connectivity index (χ1) is 12.9. The van der Waals surface area contributed by atoms with Gasteiger partial charge < -0.3 is 10.3 Å². The molecule has 0 saturated carbocycles. The maximum absolute atomic E-state index is 11.3. The van der Waals surface area contributed by atoms with Crippen LogP contribution in [0.2, 0.25) is 0 Å². The molecule has 7 nitrogen and oxygen atoms in total. The number of nitrogens with zero attached hydrogens (tertiary/aromatic N) is 4. The average molecular weight is 367 g/mol. The number of nitrogens with two attached hydrogens (primary N) is 1. The Hall–Kier alpha value is -2.70. The highest BCUT2D eigenvalue weighted by molar-refractivity contribution is 5.82. The number of carbonyl (C=O) groups is 1. The van der Waals surface area contributed by atoms with E-state index in [0.717, 1.165) is 37.1 Å². The molecule has 1 unspecified atom stereocenters. The third kappa shape index (κ3) is 3.22. The number of primary amides is 1. The number of amides is 1. The molecule has 2 aromatic heterocycles. The normalized spacial score (nSPS) is 21.0. The minimum absolute atomic E-state index is 0.268. The van der Waals surface area contributed by atoms with Crippen LogP contribution in [0.4, 0.5) is 0 Å². The number of allylic oxidation sites excluding steroid dienone is 3. The Bertz CT molecular complexity index is 948. The van der Waals surface area contributed by atoms with Gasteiger partial charge in [0.25, 0.3) is 5.89 Å². The maximum Gasteiger partial charge on any atom is 0.279 e. The molecule has 0 aliphatic heterocycles. The van der Waals surface area contributed by atoms with E-state index in [1.807, 2.05) is 12.2 Å². The monoisotopic (exact) mass is 367 g/mol. The lowest BCUT2D eigenvalue weighted by atomic mass is 9.76. The minimum Gasteiger partial charge on any atom is -0.369 e. The van der Waals surface area contributed by atoms with Crippen LogP contribution in [0.5, 0.6) is 0 Å². The zero-order valence-corrected chi connectivity index (χ0v) is 16.0. The van der Waals surface area contributed by atoms with Gasteiger partial charge in [-0.15, -0.1) is 0 Å². The van der Waals surface area contributed by atoms with Gasteiger partial charge in [0.05, 0.1) is 5.92 Å². The number of aromatic nitrogens is 4. The molecule has 142 valence electrons. The van der Waals surface area contributed by atoms with Gasteiger partial charge in [-0.2, -0.15) is 10.1 Å². The zero-order chi connectivity index (χ0) is 19.2. The quantitative estimate of drug-likeness (QED) is 0.895. The first-order valence-electron chi connectivity index (χ1n) is 9.48. The molecular formula is C20H25N5O2. The lowest BCUT2D eigenvalue weighted by Gasteiger charge is -2.30. The molecule has 2 aliphatic carbocycles. The standard InChI is InChI=1S/C20H25N5O2/c1-4-25-15-11-20(2,3)10-9-14(15)16(23-25)19-22-18(24-27-19)13-7-5-12(6-8-13)17(21)26/h5,7-8,12H,4,6,9-11H2,1-3H3,(H2,21,26). The fraction of sp³-hybridized carbons (Fsp3) is 0.500. The molecule has 4 rings (SSSR count). The van der Waals surface area contributed by atoms with E-state index >= 15 is 0 Å². The number of hydrogen-bond acceptors (Lipinski definition) is 5. The molecule has 0 saturated heterocycles. The number of fused-ring (bicyclic) bond motifs is 1. The van der Waals surface area contributed by atoms with Crippen molar-refractivity contribution in [2.45, 2.75) is 53.0 Å². The van der Waals surface area contributed by atoms with Crippen LogP contribution in [0.1, 0.15) is 50.7 Å². The highest BCUT2D eigenvalue weighted by Gasteiger charge is 2.32. The van der Waals surface area contributed by atoms with Crippen LogP contribution in [0.15, 0.2) is 22.8 Å². The Morgan fingerprint density at radius 3 is 2.93 bits per heavy atom. The van der Waals surface area contributed by atoms with E-state index in [1.165, 1.54) is 11.3 Å². The van der Waals surface area contributed by atoms with Gasteiger partial charge in [-0.3, -0.25) is 9.48 Å². The molecule has 0 radical (unpaired) electrons. The summed E-state index contributed by atoms with van der Waals surface area (Å²) in [6.07, 6.45) is 9.20. The highest BCUT2D eigenvalue weighted by Crippen LogP contribution is 2.39. The summed E-state index contributed by atoms with van der Waals surface area (Å²) in [5.41, 5.74) is 9.79. The summed E-state index contributed by atoms with van der Waals surface area (Å²) in [4.78, 5) is 15.9. The van der Waals surface area contributed by atoms with Gasteiger partial charge >= 0.3 is 0 Å². The van der Waals surface area contributed by atoms with Crippen molar-refractivity contribution in [3.05, 3.63) is 35.3 Å². The largest absolute Gasteiger partial charge is 0.369 e. The van der Waals surface area contributed by atoms with Crippen molar-refractivity contribution < 1.29 is 9.32 Å². The van der Waals surface area contributed by atoms with E-state index in [-0.39, 0.29) is 17.2 Å². The van der Waals surface area contributed by atoms with Crippen LogP contribution in [-0.2, 0) is 24.2 Å². The summed E-state index contributed by atoms with van der Waals surface area (Å²) >= 11 is 0. The summed E-state index contributed by atoms with van der Waals surface area (Å²) in [5.74, 6) is 0.380. The van der Waals surface area contributed by atoms with Crippen molar-refractivity contribution in [2.24, 2.45) is 17.1 Å². The molecule has 7 heteroatoms. The summed E-state index contributed by atoms with van der Waals surface area (Å²) in [6, 6.07) is 0. The molecule has 0 aromatic carbocycles. The molecule has 27 heavy (non-hydrogen) atoms. The van der Waals surface area contributed by atoms with E-state index in [4.69, 9.17) is 15.4 Å². The second-order valence-electron chi connectivity index (χ2n) is 8.12. The predicted octanol–water partition coefficient (Wildman–Crippen LogP) is 2.91. The second-order valence-corrected chi connectivity index (χ2v) is 8.12. The Morgan fingerprint density at radius 1 is 1.44 bits per heavy atom. The fourth-order valence-corrected chi connectivity index (χ4v) is 3.87. The summed E-state index contributed by atoms with van der Waals surface area (Å²) in [6.45, 7) is 7.52. The van der Waals surface area contributed by atoms with Crippen LogP contribution >= 0.6 is 0 Å². The van der Waals surface area contributed by atoms with Gasteiger partial charge in [0.15, 0.2) is 5.69 Å². The van der Waals surface area contributed by atoms with Crippen molar-refractivity contribution in [2.75, 3.05) is 0 Å². The van der Waals surface area contributed by atoms with Gasteiger partial charge in [0.1, 0.15) is 0 Å². The maximum atomic E-state index is 11.3. The van der Waals surface area contributed by atoms with Crippen molar-refractivity contribution in [1.82, 2.24) is 19.9 Å². The number of hydrogen-bond donors (Lipinski definition) is 1. The fourth-order valence-electron chi connectivity index (χ4n) is 3.87. The summed E-state index contributed by atoms with van der Waals surface area (Å²) in [5, 5.41) is 8.89. The van der Waals surface area contributed by atoms with Crippen LogP contribution in [0, 0.1) is 11.3 Å². The van der Waals surface area contributed by atoms with E-state index in [0.29, 0.717) is 18.1 Å².